The van der Waals surface area contributed by atoms with Crippen molar-refractivity contribution in [1.29, 1.82) is 0 Å². The van der Waals surface area contributed by atoms with Crippen LogP contribution in [0.2, 0.25) is 0 Å². The molecule has 0 aromatic heterocycles. The number of ether oxygens (including phenoxy) is 1. The van der Waals surface area contributed by atoms with E-state index in [4.69, 9.17) is 6.42 Å². The molecule has 8 heteroatoms. The van der Waals surface area contributed by atoms with Crippen LogP contribution in [0.1, 0.15) is 26.2 Å². The van der Waals surface area contributed by atoms with E-state index < -0.39 is 28.1 Å². The molecule has 0 aromatic rings. The van der Waals surface area contributed by atoms with Crippen molar-refractivity contribution >= 4 is 5.97 Å². The molecular weight excluding hydrogens is 232 g/mol. The Balaban J connectivity index is 4.25. The fourth-order valence-electron chi connectivity index (χ4n) is 0.796. The van der Waals surface area contributed by atoms with E-state index in [0.717, 1.165) is 6.92 Å². The van der Waals surface area contributed by atoms with Gasteiger partial charge in [-0.3, -0.25) is 25.0 Å². The lowest BCUT2D eigenvalue weighted by Crippen LogP contribution is -2.47. The molecule has 0 radical (unpaired) electrons. The summed E-state index contributed by atoms with van der Waals surface area (Å²) in [5.74, 6) is 1.57. The van der Waals surface area contributed by atoms with Crippen molar-refractivity contribution in [2.75, 3.05) is 6.61 Å². The molecule has 0 saturated carbocycles. The first-order valence-corrected chi connectivity index (χ1v) is 4.72. The van der Waals surface area contributed by atoms with Crippen LogP contribution in [-0.2, 0) is 9.53 Å². The third kappa shape index (κ3) is 4.46. The molecule has 0 unspecified atom stereocenters. The van der Waals surface area contributed by atoms with Crippen molar-refractivity contribution < 1.29 is 19.4 Å². The Morgan fingerprint density at radius 3 is 2.35 bits per heavy atom. The minimum absolute atomic E-state index is 0.0181. The second-order valence-corrected chi connectivity index (χ2v) is 3.45. The first kappa shape index (κ1) is 14.8. The summed E-state index contributed by atoms with van der Waals surface area (Å²) in [6, 6.07) is 0. The van der Waals surface area contributed by atoms with Crippen LogP contribution in [0.15, 0.2) is 0 Å². The van der Waals surface area contributed by atoms with Gasteiger partial charge in [0.2, 0.25) is 6.61 Å². The zero-order chi connectivity index (χ0) is 13.5. The number of carbonyl (C=O) groups is 1. The first-order valence-electron chi connectivity index (χ1n) is 4.72. The molecule has 0 saturated heterocycles. The number of unbranched alkanes of at least 4 members (excludes halogenated alkanes) is 1. The number of rotatable bonds is 7. The highest BCUT2D eigenvalue weighted by Crippen LogP contribution is 2.11. The predicted octanol–water partition coefficient (Wildman–Crippen LogP) is 0.603. The van der Waals surface area contributed by atoms with Crippen LogP contribution in [0.3, 0.4) is 0 Å². The van der Waals surface area contributed by atoms with Crippen molar-refractivity contribution in [1.82, 2.24) is 0 Å². The van der Waals surface area contributed by atoms with E-state index in [1.54, 1.807) is 0 Å². The van der Waals surface area contributed by atoms with Crippen molar-refractivity contribution in [3.63, 3.8) is 0 Å². The summed E-state index contributed by atoms with van der Waals surface area (Å²) in [6.07, 6.45) is 5.69. The zero-order valence-corrected chi connectivity index (χ0v) is 9.25. The standard InChI is InChI=1S/C9H12N2O6/c1-3-4-5-6-8(12)17-7-9(2,10(13)14)11(15)16/h1H,4-7H2,2H3. The maximum atomic E-state index is 11.1. The summed E-state index contributed by atoms with van der Waals surface area (Å²) in [4.78, 5) is 29.8. The lowest BCUT2D eigenvalue weighted by Gasteiger charge is -2.12. The number of hydrogen-bond acceptors (Lipinski definition) is 6. The largest absolute Gasteiger partial charge is 0.488 e. The van der Waals surface area contributed by atoms with Gasteiger partial charge in [-0.2, -0.15) is 0 Å². The third-order valence-electron chi connectivity index (χ3n) is 2.00. The molecule has 0 rings (SSSR count). The lowest BCUT2D eigenvalue weighted by molar-refractivity contribution is -0.793. The van der Waals surface area contributed by atoms with Crippen molar-refractivity contribution in [2.24, 2.45) is 0 Å². The molecule has 0 aromatic carbocycles. The number of hydrogen-bond donors (Lipinski definition) is 0. The summed E-state index contributed by atoms with van der Waals surface area (Å²) in [5.41, 5.74) is -2.51. The highest BCUT2D eigenvalue weighted by Gasteiger charge is 2.52. The first-order chi connectivity index (χ1) is 7.84. The van der Waals surface area contributed by atoms with E-state index in [-0.39, 0.29) is 6.42 Å². The van der Waals surface area contributed by atoms with Gasteiger partial charge in [-0.1, -0.05) is 0 Å². The number of nitro groups is 2. The Hall–Kier alpha value is -2.17. The van der Waals surface area contributed by atoms with E-state index >= 15 is 0 Å². The number of terminal acetylenes is 1. The van der Waals surface area contributed by atoms with Crippen LogP contribution < -0.4 is 0 Å². The summed E-state index contributed by atoms with van der Waals surface area (Å²) in [7, 11) is 0. The smallest absolute Gasteiger partial charge is 0.450 e. The monoisotopic (exact) mass is 244 g/mol. The van der Waals surface area contributed by atoms with Gasteiger partial charge >= 0.3 is 11.6 Å². The molecule has 0 amide bonds. The van der Waals surface area contributed by atoms with E-state index in [1.807, 2.05) is 0 Å². The quantitative estimate of drug-likeness (QED) is 0.162. The van der Waals surface area contributed by atoms with Gasteiger partial charge in [-0.15, -0.1) is 12.3 Å². The Kier molecular flexibility index (Phi) is 5.60. The average Bonchev–Trinajstić information content (AvgIpc) is 2.25. The highest BCUT2D eigenvalue weighted by atomic mass is 16.7. The minimum Gasteiger partial charge on any atom is -0.450 e. The van der Waals surface area contributed by atoms with Gasteiger partial charge in [0.15, 0.2) is 0 Å². The second-order valence-electron chi connectivity index (χ2n) is 3.45. The predicted molar refractivity (Wildman–Crippen MR) is 56.0 cm³/mol. The molecule has 0 fully saturated rings. The number of nitrogens with zero attached hydrogens (tertiary/aromatic N) is 2. The van der Waals surface area contributed by atoms with Crippen LogP contribution >= 0.6 is 0 Å². The zero-order valence-electron chi connectivity index (χ0n) is 9.25. The Bertz CT molecular complexity index is 345. The SMILES string of the molecule is C#CCCCC(=O)OCC(C)([N+](=O)[O-])[N+](=O)[O-]. The molecule has 94 valence electrons. The molecule has 8 nitrogen and oxygen atoms in total. The van der Waals surface area contributed by atoms with Crippen molar-refractivity contribution in [3.05, 3.63) is 20.2 Å². The summed E-state index contributed by atoms with van der Waals surface area (Å²) in [6.45, 7) is -0.121. The average molecular weight is 244 g/mol. The lowest BCUT2D eigenvalue weighted by atomic mass is 10.2. The van der Waals surface area contributed by atoms with Gasteiger partial charge in [0.05, 0.1) is 6.92 Å². The summed E-state index contributed by atoms with van der Waals surface area (Å²) in [5, 5.41) is 21.0. The maximum Gasteiger partial charge on any atom is 0.488 e. The molecule has 0 heterocycles. The van der Waals surface area contributed by atoms with Crippen molar-refractivity contribution in [2.45, 2.75) is 31.8 Å². The molecule has 0 atom stereocenters. The Labute approximate surface area is 97.2 Å². The Morgan fingerprint density at radius 1 is 1.41 bits per heavy atom. The van der Waals surface area contributed by atoms with Crippen LogP contribution in [-0.4, -0.2) is 28.1 Å². The summed E-state index contributed by atoms with van der Waals surface area (Å²) < 4.78 is 4.49. The van der Waals surface area contributed by atoms with E-state index in [1.165, 1.54) is 0 Å². The second kappa shape index (κ2) is 6.42. The highest BCUT2D eigenvalue weighted by molar-refractivity contribution is 5.69. The van der Waals surface area contributed by atoms with E-state index in [9.17, 15) is 25.0 Å². The minimum atomic E-state index is -2.51. The molecule has 0 aliphatic rings. The van der Waals surface area contributed by atoms with Crippen LogP contribution in [0, 0.1) is 32.6 Å². The molecule has 0 bridgehead atoms. The molecule has 0 aliphatic heterocycles. The fraction of sp³-hybridized carbons (Fsp3) is 0.667. The van der Waals surface area contributed by atoms with Gasteiger partial charge in [-0.05, 0) is 6.42 Å². The molecule has 0 spiro atoms. The van der Waals surface area contributed by atoms with Gasteiger partial charge in [0.1, 0.15) is 9.85 Å². The van der Waals surface area contributed by atoms with E-state index in [2.05, 4.69) is 10.7 Å². The fourth-order valence-corrected chi connectivity index (χ4v) is 0.796. The molecular formula is C9H12N2O6. The number of carbonyl (C=O) groups excluding carboxylic acids is 1. The van der Waals surface area contributed by atoms with Gasteiger partial charge in [0, 0.05) is 12.8 Å². The van der Waals surface area contributed by atoms with Gasteiger partial charge in [-0.25, -0.2) is 0 Å². The topological polar surface area (TPSA) is 113 Å². The molecule has 0 aliphatic carbocycles. The van der Waals surface area contributed by atoms with Crippen LogP contribution in [0.4, 0.5) is 0 Å². The normalized spacial score (nSPS) is 10.4. The van der Waals surface area contributed by atoms with Gasteiger partial charge < -0.3 is 4.74 Å². The molecule has 0 N–H and O–H groups in total. The van der Waals surface area contributed by atoms with Crippen LogP contribution in [0.5, 0.6) is 0 Å². The summed E-state index contributed by atoms with van der Waals surface area (Å²) >= 11 is 0. The van der Waals surface area contributed by atoms with Gasteiger partial charge in [0.25, 0.3) is 0 Å². The maximum absolute atomic E-state index is 11.1. The van der Waals surface area contributed by atoms with Crippen LogP contribution in [0.25, 0.3) is 0 Å². The Morgan fingerprint density at radius 2 is 1.94 bits per heavy atom. The third-order valence-corrected chi connectivity index (χ3v) is 2.00. The number of esters is 1. The molecule has 17 heavy (non-hydrogen) atoms. The van der Waals surface area contributed by atoms with E-state index in [0.29, 0.717) is 12.8 Å². The van der Waals surface area contributed by atoms with Crippen molar-refractivity contribution in [3.8, 4) is 12.3 Å².